The van der Waals surface area contributed by atoms with Crippen LogP contribution >= 0.6 is 0 Å². The molecule has 0 aromatic heterocycles. The highest BCUT2D eigenvalue weighted by atomic mass is 19.3. The number of rotatable bonds is 6. The lowest BCUT2D eigenvalue weighted by atomic mass is 10.1. The van der Waals surface area contributed by atoms with Gasteiger partial charge in [0, 0.05) is 6.42 Å². The van der Waals surface area contributed by atoms with Crippen LogP contribution in [0, 0.1) is 0 Å². The lowest BCUT2D eigenvalue weighted by Gasteiger charge is -2.12. The molecule has 0 aliphatic heterocycles. The third kappa shape index (κ3) is 5.55. The van der Waals surface area contributed by atoms with Crippen LogP contribution in [0.3, 0.4) is 0 Å². The maximum atomic E-state index is 11.8. The van der Waals surface area contributed by atoms with Crippen LogP contribution < -0.4 is 11.1 Å². The summed E-state index contributed by atoms with van der Waals surface area (Å²) in [6.07, 6.45) is -3.91. The molecule has 6 nitrogen and oxygen atoms in total. The highest BCUT2D eigenvalue weighted by Gasteiger charge is 2.24. The van der Waals surface area contributed by atoms with Crippen LogP contribution in [-0.4, -0.2) is 35.4 Å². The first kappa shape index (κ1) is 13.3. The number of alkyl halides is 2. The van der Waals surface area contributed by atoms with Crippen molar-refractivity contribution >= 4 is 17.8 Å². The van der Waals surface area contributed by atoms with Gasteiger partial charge in [-0.05, 0) is 6.42 Å². The molecule has 15 heavy (non-hydrogen) atoms. The predicted molar refractivity (Wildman–Crippen MR) is 44.0 cm³/mol. The van der Waals surface area contributed by atoms with Crippen molar-refractivity contribution in [2.45, 2.75) is 25.3 Å². The van der Waals surface area contributed by atoms with E-state index in [9.17, 15) is 23.2 Å². The summed E-state index contributed by atoms with van der Waals surface area (Å²) in [6, 6.07) is -1.53. The number of hydrogen-bond acceptors (Lipinski definition) is 3. The Kier molecular flexibility index (Phi) is 5.21. The van der Waals surface area contributed by atoms with Crippen molar-refractivity contribution in [1.29, 1.82) is 0 Å². The summed E-state index contributed by atoms with van der Waals surface area (Å²) in [5.74, 6) is -3.95. The van der Waals surface area contributed by atoms with Gasteiger partial charge in [0.15, 0.2) is 0 Å². The Morgan fingerprint density at radius 1 is 1.33 bits per heavy atom. The molecule has 8 heteroatoms. The zero-order valence-corrected chi connectivity index (χ0v) is 7.57. The van der Waals surface area contributed by atoms with E-state index in [1.165, 1.54) is 0 Å². The maximum absolute atomic E-state index is 11.8. The third-order valence-corrected chi connectivity index (χ3v) is 1.49. The minimum atomic E-state index is -3.29. The largest absolute Gasteiger partial charge is 0.480 e. The van der Waals surface area contributed by atoms with Crippen LogP contribution in [0.2, 0.25) is 0 Å². The summed E-state index contributed by atoms with van der Waals surface area (Å²) < 4.78 is 23.5. The number of nitrogens with one attached hydrogen (secondary N) is 1. The van der Waals surface area contributed by atoms with Gasteiger partial charge in [-0.3, -0.25) is 9.59 Å². The van der Waals surface area contributed by atoms with E-state index in [0.717, 1.165) is 0 Å². The molecule has 0 heterocycles. The van der Waals surface area contributed by atoms with Crippen LogP contribution in [0.15, 0.2) is 0 Å². The van der Waals surface area contributed by atoms with E-state index in [1.54, 1.807) is 5.32 Å². The standard InChI is InChI=1S/C7H10F2N2O4/c8-5(9)6(13)11-3(7(14)15)1-2-4(10)12/h3,5H,1-2H2,(H2,10,12)(H,11,13)(H,14,15)/t3-/m1/s1. The van der Waals surface area contributed by atoms with Gasteiger partial charge in [-0.1, -0.05) is 0 Å². The molecule has 4 N–H and O–H groups in total. The Hall–Kier alpha value is -1.73. The van der Waals surface area contributed by atoms with E-state index in [4.69, 9.17) is 10.8 Å². The molecule has 0 fully saturated rings. The average molecular weight is 224 g/mol. The van der Waals surface area contributed by atoms with Crippen LogP contribution in [0.4, 0.5) is 8.78 Å². The lowest BCUT2D eigenvalue weighted by Crippen LogP contribution is -2.43. The van der Waals surface area contributed by atoms with Crippen LogP contribution in [-0.2, 0) is 14.4 Å². The molecule has 0 aromatic carbocycles. The number of carboxylic acids is 1. The molecule has 0 saturated carbocycles. The Bertz CT molecular complexity index is 270. The molecule has 0 radical (unpaired) electrons. The molecule has 0 aromatic rings. The zero-order valence-electron chi connectivity index (χ0n) is 7.57. The minimum absolute atomic E-state index is 0.305. The van der Waals surface area contributed by atoms with Gasteiger partial charge < -0.3 is 16.2 Å². The quantitative estimate of drug-likeness (QED) is 0.542. The SMILES string of the molecule is NC(=O)CC[C@@H](NC(=O)C(F)F)C(=O)O. The summed E-state index contributed by atoms with van der Waals surface area (Å²) in [4.78, 5) is 31.2. The number of halogens is 2. The topological polar surface area (TPSA) is 109 Å². The second-order valence-corrected chi connectivity index (χ2v) is 2.71. The molecular formula is C7H10F2N2O4. The number of amides is 2. The first-order valence-corrected chi connectivity index (χ1v) is 3.94. The van der Waals surface area contributed by atoms with Crippen molar-refractivity contribution in [1.82, 2.24) is 5.32 Å². The fraction of sp³-hybridized carbons (Fsp3) is 0.571. The smallest absolute Gasteiger partial charge is 0.326 e. The van der Waals surface area contributed by atoms with Gasteiger partial charge in [-0.15, -0.1) is 0 Å². The number of primary amides is 1. The number of hydrogen-bond donors (Lipinski definition) is 3. The molecule has 0 aliphatic carbocycles. The van der Waals surface area contributed by atoms with Gasteiger partial charge in [0.25, 0.3) is 5.91 Å². The molecule has 0 aliphatic rings. The summed E-state index contributed by atoms with van der Waals surface area (Å²) in [7, 11) is 0. The van der Waals surface area contributed by atoms with Crippen LogP contribution in [0.1, 0.15) is 12.8 Å². The van der Waals surface area contributed by atoms with Crippen molar-refractivity contribution in [2.75, 3.05) is 0 Å². The lowest BCUT2D eigenvalue weighted by molar-refractivity contribution is -0.144. The van der Waals surface area contributed by atoms with E-state index in [2.05, 4.69) is 0 Å². The van der Waals surface area contributed by atoms with Crippen molar-refractivity contribution in [2.24, 2.45) is 5.73 Å². The molecule has 0 bridgehead atoms. The van der Waals surface area contributed by atoms with Crippen LogP contribution in [0.5, 0.6) is 0 Å². The van der Waals surface area contributed by atoms with Crippen molar-refractivity contribution in [3.63, 3.8) is 0 Å². The highest BCUT2D eigenvalue weighted by molar-refractivity contribution is 5.85. The number of nitrogens with two attached hydrogens (primary N) is 1. The second-order valence-electron chi connectivity index (χ2n) is 2.71. The predicted octanol–water partition coefficient (Wildman–Crippen LogP) is -0.914. The molecule has 2 amide bonds. The summed E-state index contributed by atoms with van der Waals surface area (Å²) in [6.45, 7) is 0. The number of carbonyl (C=O) groups excluding carboxylic acids is 2. The molecule has 0 spiro atoms. The van der Waals surface area contributed by atoms with E-state index in [-0.39, 0.29) is 12.8 Å². The molecule has 0 unspecified atom stereocenters. The van der Waals surface area contributed by atoms with Gasteiger partial charge in [0.2, 0.25) is 5.91 Å². The van der Waals surface area contributed by atoms with Gasteiger partial charge in [0.1, 0.15) is 6.04 Å². The second kappa shape index (κ2) is 5.89. The summed E-state index contributed by atoms with van der Waals surface area (Å²) >= 11 is 0. The average Bonchev–Trinajstić information content (AvgIpc) is 2.10. The van der Waals surface area contributed by atoms with E-state index < -0.39 is 30.3 Å². The molecule has 0 saturated heterocycles. The highest BCUT2D eigenvalue weighted by Crippen LogP contribution is 2.00. The first-order chi connectivity index (χ1) is 6.84. The Balaban J connectivity index is 4.22. The van der Waals surface area contributed by atoms with Gasteiger partial charge >= 0.3 is 12.4 Å². The normalized spacial score (nSPS) is 12.2. The van der Waals surface area contributed by atoms with Gasteiger partial charge in [-0.25, -0.2) is 4.79 Å². The third-order valence-electron chi connectivity index (χ3n) is 1.49. The summed E-state index contributed by atoms with van der Waals surface area (Å²) in [5.41, 5.74) is 4.74. The van der Waals surface area contributed by atoms with E-state index in [1.807, 2.05) is 0 Å². The summed E-state index contributed by atoms with van der Waals surface area (Å²) in [5, 5.41) is 10.1. The zero-order chi connectivity index (χ0) is 12.0. The molecule has 86 valence electrons. The Morgan fingerprint density at radius 2 is 1.87 bits per heavy atom. The number of aliphatic carboxylic acids is 1. The van der Waals surface area contributed by atoms with E-state index in [0.29, 0.717) is 0 Å². The molecule has 0 rings (SSSR count). The van der Waals surface area contributed by atoms with Crippen LogP contribution in [0.25, 0.3) is 0 Å². The van der Waals surface area contributed by atoms with Gasteiger partial charge in [0.05, 0.1) is 0 Å². The van der Waals surface area contributed by atoms with Crippen molar-refractivity contribution < 1.29 is 28.3 Å². The Morgan fingerprint density at radius 3 is 2.20 bits per heavy atom. The molecule has 1 atom stereocenters. The maximum Gasteiger partial charge on any atom is 0.326 e. The number of carboxylic acid groups (broad SMARTS) is 1. The first-order valence-electron chi connectivity index (χ1n) is 3.94. The van der Waals surface area contributed by atoms with Crippen molar-refractivity contribution in [3.05, 3.63) is 0 Å². The fourth-order valence-electron chi connectivity index (χ4n) is 0.779. The van der Waals surface area contributed by atoms with Crippen molar-refractivity contribution in [3.8, 4) is 0 Å². The molecular weight excluding hydrogens is 214 g/mol. The Labute approximate surface area is 83.4 Å². The number of carbonyl (C=O) groups is 3. The van der Waals surface area contributed by atoms with Gasteiger partial charge in [-0.2, -0.15) is 8.78 Å². The van der Waals surface area contributed by atoms with E-state index >= 15 is 0 Å². The monoisotopic (exact) mass is 224 g/mol. The minimum Gasteiger partial charge on any atom is -0.480 e. The fourth-order valence-corrected chi connectivity index (χ4v) is 0.779.